The molecule has 0 N–H and O–H groups in total. The van der Waals surface area contributed by atoms with Crippen molar-refractivity contribution in [3.8, 4) is 6.07 Å². The van der Waals surface area contributed by atoms with Crippen molar-refractivity contribution in [1.29, 1.82) is 5.26 Å². The van der Waals surface area contributed by atoms with Crippen LogP contribution in [0, 0.1) is 17.2 Å². The largest absolute Gasteiger partial charge is 0.246 e. The predicted molar refractivity (Wildman–Crippen MR) is 51.5 cm³/mol. The SMILES string of the molecule is CCc1c(CC#N)nnn1C1CC1C. The normalized spacial score (nSPS) is 24.6. The van der Waals surface area contributed by atoms with Crippen LogP contribution in [0.5, 0.6) is 0 Å². The molecule has 1 heterocycles. The molecular weight excluding hydrogens is 176 g/mol. The number of hydrogen-bond acceptors (Lipinski definition) is 3. The number of rotatable bonds is 3. The van der Waals surface area contributed by atoms with Gasteiger partial charge >= 0.3 is 0 Å². The van der Waals surface area contributed by atoms with E-state index in [2.05, 4.69) is 30.2 Å². The van der Waals surface area contributed by atoms with Crippen LogP contribution >= 0.6 is 0 Å². The van der Waals surface area contributed by atoms with E-state index >= 15 is 0 Å². The molecule has 1 fully saturated rings. The average molecular weight is 190 g/mol. The molecule has 0 aromatic carbocycles. The summed E-state index contributed by atoms with van der Waals surface area (Å²) >= 11 is 0. The van der Waals surface area contributed by atoms with E-state index in [1.807, 2.05) is 4.68 Å². The molecule has 1 aliphatic rings. The van der Waals surface area contributed by atoms with Gasteiger partial charge in [-0.2, -0.15) is 5.26 Å². The molecule has 0 radical (unpaired) electrons. The molecule has 1 aromatic rings. The lowest BCUT2D eigenvalue weighted by atomic mass is 10.2. The first-order valence-electron chi connectivity index (χ1n) is 5.07. The summed E-state index contributed by atoms with van der Waals surface area (Å²) in [6.45, 7) is 4.30. The lowest BCUT2D eigenvalue weighted by Gasteiger charge is -2.02. The van der Waals surface area contributed by atoms with Crippen molar-refractivity contribution in [2.75, 3.05) is 0 Å². The van der Waals surface area contributed by atoms with Crippen LogP contribution in [0.25, 0.3) is 0 Å². The Kier molecular flexibility index (Phi) is 2.24. The summed E-state index contributed by atoms with van der Waals surface area (Å²) in [6.07, 6.45) is 2.49. The van der Waals surface area contributed by atoms with E-state index in [9.17, 15) is 0 Å². The van der Waals surface area contributed by atoms with Crippen LogP contribution in [0.3, 0.4) is 0 Å². The Morgan fingerprint density at radius 2 is 2.36 bits per heavy atom. The van der Waals surface area contributed by atoms with E-state index in [-0.39, 0.29) is 0 Å². The Bertz CT molecular complexity index is 374. The van der Waals surface area contributed by atoms with Crippen LogP contribution in [0.2, 0.25) is 0 Å². The Hall–Kier alpha value is -1.37. The third kappa shape index (κ3) is 1.39. The first kappa shape index (κ1) is 9.20. The summed E-state index contributed by atoms with van der Waals surface area (Å²) in [5.74, 6) is 0.719. The molecule has 0 bridgehead atoms. The molecule has 0 aliphatic heterocycles. The summed E-state index contributed by atoms with van der Waals surface area (Å²) in [6, 6.07) is 2.66. The van der Waals surface area contributed by atoms with Gasteiger partial charge in [-0.25, -0.2) is 4.68 Å². The maximum absolute atomic E-state index is 8.63. The van der Waals surface area contributed by atoms with Crippen molar-refractivity contribution in [3.05, 3.63) is 11.4 Å². The number of nitriles is 1. The highest BCUT2D eigenvalue weighted by molar-refractivity contribution is 5.16. The summed E-state index contributed by atoms with van der Waals surface area (Å²) in [4.78, 5) is 0. The number of hydrogen-bond donors (Lipinski definition) is 0. The lowest BCUT2D eigenvalue weighted by Crippen LogP contribution is -2.04. The molecule has 2 unspecified atom stereocenters. The molecule has 0 amide bonds. The monoisotopic (exact) mass is 190 g/mol. The van der Waals surface area contributed by atoms with Crippen molar-refractivity contribution >= 4 is 0 Å². The van der Waals surface area contributed by atoms with Crippen LogP contribution in [0.15, 0.2) is 0 Å². The Balaban J connectivity index is 2.28. The predicted octanol–water partition coefficient (Wildman–Crippen LogP) is 1.49. The van der Waals surface area contributed by atoms with Gasteiger partial charge in [0, 0.05) is 0 Å². The van der Waals surface area contributed by atoms with Gasteiger partial charge < -0.3 is 0 Å². The minimum Gasteiger partial charge on any atom is -0.246 e. The zero-order chi connectivity index (χ0) is 10.1. The Morgan fingerprint density at radius 3 is 2.86 bits per heavy atom. The first-order valence-corrected chi connectivity index (χ1v) is 5.07. The van der Waals surface area contributed by atoms with E-state index in [0.717, 1.165) is 23.7 Å². The van der Waals surface area contributed by atoms with Crippen LogP contribution in [-0.2, 0) is 12.8 Å². The second-order valence-electron chi connectivity index (χ2n) is 3.90. The molecule has 2 rings (SSSR count). The molecule has 4 heteroatoms. The average Bonchev–Trinajstić information content (AvgIpc) is 2.77. The van der Waals surface area contributed by atoms with E-state index in [0.29, 0.717) is 12.5 Å². The fraction of sp³-hybridized carbons (Fsp3) is 0.700. The van der Waals surface area contributed by atoms with Gasteiger partial charge in [-0.05, 0) is 18.8 Å². The smallest absolute Gasteiger partial charge is 0.0999 e. The molecule has 0 spiro atoms. The summed E-state index contributed by atoms with van der Waals surface area (Å²) in [5, 5.41) is 16.8. The fourth-order valence-electron chi connectivity index (χ4n) is 1.83. The lowest BCUT2D eigenvalue weighted by molar-refractivity contribution is 0.557. The van der Waals surface area contributed by atoms with Gasteiger partial charge in [0.1, 0.15) is 0 Å². The van der Waals surface area contributed by atoms with E-state index in [4.69, 9.17) is 5.26 Å². The highest BCUT2D eigenvalue weighted by Crippen LogP contribution is 2.42. The van der Waals surface area contributed by atoms with Gasteiger partial charge in [0.25, 0.3) is 0 Å². The Morgan fingerprint density at radius 1 is 1.64 bits per heavy atom. The van der Waals surface area contributed by atoms with Gasteiger partial charge in [0.15, 0.2) is 0 Å². The molecule has 1 aliphatic carbocycles. The summed E-state index contributed by atoms with van der Waals surface area (Å²) in [7, 11) is 0. The summed E-state index contributed by atoms with van der Waals surface area (Å²) < 4.78 is 2.01. The molecule has 2 atom stereocenters. The molecule has 1 aromatic heterocycles. The van der Waals surface area contributed by atoms with Crippen LogP contribution in [0.1, 0.15) is 37.7 Å². The zero-order valence-electron chi connectivity index (χ0n) is 8.56. The van der Waals surface area contributed by atoms with Gasteiger partial charge in [-0.3, -0.25) is 0 Å². The minimum atomic E-state index is 0.379. The number of aromatic nitrogens is 3. The number of nitrogens with zero attached hydrogens (tertiary/aromatic N) is 4. The molecule has 14 heavy (non-hydrogen) atoms. The molecular formula is C10H14N4. The summed E-state index contributed by atoms with van der Waals surface area (Å²) in [5.41, 5.74) is 2.00. The van der Waals surface area contributed by atoms with Gasteiger partial charge in [0.05, 0.1) is 29.9 Å². The molecule has 1 saturated carbocycles. The van der Waals surface area contributed by atoms with Crippen molar-refractivity contribution in [2.24, 2.45) is 5.92 Å². The molecule has 74 valence electrons. The molecule has 4 nitrogen and oxygen atoms in total. The van der Waals surface area contributed by atoms with Crippen LogP contribution in [-0.4, -0.2) is 15.0 Å². The maximum Gasteiger partial charge on any atom is 0.0999 e. The van der Waals surface area contributed by atoms with Gasteiger partial charge in [-0.15, -0.1) is 5.10 Å². The van der Waals surface area contributed by atoms with Gasteiger partial charge in [-0.1, -0.05) is 19.1 Å². The van der Waals surface area contributed by atoms with Crippen molar-refractivity contribution < 1.29 is 0 Å². The standard InChI is InChI=1S/C10H14N4/c1-3-9-8(4-5-11)12-13-14(9)10-6-7(10)2/h7,10H,3-4,6H2,1-2H3. The second kappa shape index (κ2) is 3.41. The quantitative estimate of drug-likeness (QED) is 0.725. The van der Waals surface area contributed by atoms with Gasteiger partial charge in [0.2, 0.25) is 0 Å². The van der Waals surface area contributed by atoms with E-state index in [1.54, 1.807) is 0 Å². The second-order valence-corrected chi connectivity index (χ2v) is 3.90. The van der Waals surface area contributed by atoms with Crippen LogP contribution in [0.4, 0.5) is 0 Å². The highest BCUT2D eigenvalue weighted by Gasteiger charge is 2.37. The van der Waals surface area contributed by atoms with Crippen LogP contribution < -0.4 is 0 Å². The topological polar surface area (TPSA) is 54.5 Å². The fourth-order valence-corrected chi connectivity index (χ4v) is 1.83. The van der Waals surface area contributed by atoms with Crippen molar-refractivity contribution in [1.82, 2.24) is 15.0 Å². The maximum atomic E-state index is 8.63. The van der Waals surface area contributed by atoms with Crippen molar-refractivity contribution in [3.63, 3.8) is 0 Å². The Labute approximate surface area is 83.5 Å². The van der Waals surface area contributed by atoms with E-state index < -0.39 is 0 Å². The molecule has 0 saturated heterocycles. The van der Waals surface area contributed by atoms with E-state index in [1.165, 1.54) is 6.42 Å². The zero-order valence-corrected chi connectivity index (χ0v) is 8.56. The van der Waals surface area contributed by atoms with Crippen molar-refractivity contribution in [2.45, 2.75) is 39.2 Å². The minimum absolute atomic E-state index is 0.379. The third-order valence-electron chi connectivity index (χ3n) is 2.83. The highest BCUT2D eigenvalue weighted by atomic mass is 15.5. The first-order chi connectivity index (χ1) is 6.77. The third-order valence-corrected chi connectivity index (χ3v) is 2.83.